The first-order valence-electron chi connectivity index (χ1n) is 6.12. The molecule has 0 radical (unpaired) electrons. The second-order valence-electron chi connectivity index (χ2n) is 5.08. The van der Waals surface area contributed by atoms with Crippen LogP contribution >= 0.6 is 0 Å². The molecule has 1 fully saturated rings. The lowest BCUT2D eigenvalue weighted by Crippen LogP contribution is -2.48. The summed E-state index contributed by atoms with van der Waals surface area (Å²) in [6.45, 7) is 0. The third kappa shape index (κ3) is 1.26. The molecule has 0 aliphatic heterocycles. The lowest BCUT2D eigenvalue weighted by Gasteiger charge is -2.39. The minimum absolute atomic E-state index is 0.391. The zero-order valence-electron chi connectivity index (χ0n) is 9.42. The third-order valence-corrected chi connectivity index (χ3v) is 4.47. The van der Waals surface area contributed by atoms with Gasteiger partial charge in [0.05, 0.1) is 0 Å². The number of hydrogen-bond acceptors (Lipinski definition) is 1. The van der Waals surface area contributed by atoms with Crippen molar-refractivity contribution in [3.05, 3.63) is 35.4 Å². The molecule has 80 valence electrons. The first kappa shape index (κ1) is 9.41. The second-order valence-corrected chi connectivity index (χ2v) is 5.08. The molecule has 0 aromatic heterocycles. The molecule has 15 heavy (non-hydrogen) atoms. The smallest absolute Gasteiger partial charge is 0.0287 e. The third-order valence-electron chi connectivity index (χ3n) is 4.47. The van der Waals surface area contributed by atoms with Crippen LogP contribution in [0.25, 0.3) is 0 Å². The van der Waals surface area contributed by atoms with E-state index in [2.05, 4.69) is 36.6 Å². The van der Waals surface area contributed by atoms with Crippen LogP contribution in [0.2, 0.25) is 0 Å². The Labute approximate surface area is 91.9 Å². The summed E-state index contributed by atoms with van der Waals surface area (Å²) in [6.07, 6.45) is 6.76. The van der Waals surface area contributed by atoms with E-state index < -0.39 is 0 Å². The van der Waals surface area contributed by atoms with Crippen LogP contribution in [-0.4, -0.2) is 12.6 Å². The van der Waals surface area contributed by atoms with E-state index in [1.165, 1.54) is 32.1 Å². The van der Waals surface area contributed by atoms with E-state index in [-0.39, 0.29) is 0 Å². The topological polar surface area (TPSA) is 12.0 Å². The Balaban J connectivity index is 2.06. The average molecular weight is 201 g/mol. The van der Waals surface area contributed by atoms with Gasteiger partial charge in [-0.2, -0.15) is 0 Å². The molecule has 1 aromatic rings. The highest BCUT2D eigenvalue weighted by atomic mass is 15.0. The molecule has 0 saturated heterocycles. The van der Waals surface area contributed by atoms with E-state index in [1.54, 1.807) is 11.1 Å². The van der Waals surface area contributed by atoms with Gasteiger partial charge in [0, 0.05) is 11.5 Å². The fraction of sp³-hybridized carbons (Fsp3) is 0.571. The van der Waals surface area contributed by atoms with Crippen molar-refractivity contribution in [3.8, 4) is 0 Å². The number of fused-ring (bicyclic) bond motifs is 3. The van der Waals surface area contributed by atoms with Crippen LogP contribution < -0.4 is 5.32 Å². The van der Waals surface area contributed by atoms with Crippen molar-refractivity contribution in [2.75, 3.05) is 7.05 Å². The van der Waals surface area contributed by atoms with Gasteiger partial charge in [-0.3, -0.25) is 0 Å². The standard InChI is InChI=1S/C14H19N/c1-15-14-9-5-4-8-13(14)12-7-3-2-6-11(12)10-14/h2-3,6-7,13,15H,4-5,8-10H2,1H3/t13-,14-/m0/s1. The fourth-order valence-electron chi connectivity index (χ4n) is 3.67. The molecule has 2 atom stereocenters. The van der Waals surface area contributed by atoms with Gasteiger partial charge in [-0.05, 0) is 37.4 Å². The van der Waals surface area contributed by atoms with Crippen molar-refractivity contribution in [2.24, 2.45) is 0 Å². The molecule has 1 nitrogen and oxygen atoms in total. The largest absolute Gasteiger partial charge is 0.313 e. The lowest BCUT2D eigenvalue weighted by atomic mass is 9.73. The number of rotatable bonds is 1. The first-order chi connectivity index (χ1) is 7.36. The predicted octanol–water partition coefficient (Wildman–Crippen LogP) is 2.86. The van der Waals surface area contributed by atoms with E-state index in [0.29, 0.717) is 5.54 Å². The molecule has 1 aromatic carbocycles. The zero-order chi connectivity index (χ0) is 10.3. The van der Waals surface area contributed by atoms with Gasteiger partial charge in [-0.15, -0.1) is 0 Å². The van der Waals surface area contributed by atoms with Gasteiger partial charge >= 0.3 is 0 Å². The number of likely N-dealkylation sites (N-methyl/N-ethyl adjacent to an activating group) is 1. The van der Waals surface area contributed by atoms with Gasteiger partial charge in [0.2, 0.25) is 0 Å². The average Bonchev–Trinajstić information content (AvgIpc) is 2.64. The molecule has 2 aliphatic rings. The Morgan fingerprint density at radius 3 is 3.00 bits per heavy atom. The van der Waals surface area contributed by atoms with Crippen LogP contribution in [0.4, 0.5) is 0 Å². The minimum Gasteiger partial charge on any atom is -0.313 e. The second kappa shape index (κ2) is 3.34. The van der Waals surface area contributed by atoms with Crippen molar-refractivity contribution in [1.82, 2.24) is 5.32 Å². The monoisotopic (exact) mass is 201 g/mol. The summed E-state index contributed by atoms with van der Waals surface area (Å²) in [5.41, 5.74) is 3.59. The molecule has 0 bridgehead atoms. The van der Waals surface area contributed by atoms with E-state index >= 15 is 0 Å². The van der Waals surface area contributed by atoms with Gasteiger partial charge in [-0.1, -0.05) is 37.1 Å². The van der Waals surface area contributed by atoms with Crippen LogP contribution in [0.5, 0.6) is 0 Å². The maximum Gasteiger partial charge on any atom is 0.0287 e. The normalized spacial score (nSPS) is 33.5. The fourth-order valence-corrected chi connectivity index (χ4v) is 3.67. The summed E-state index contributed by atoms with van der Waals surface area (Å²) in [6, 6.07) is 9.02. The predicted molar refractivity (Wildman–Crippen MR) is 63.1 cm³/mol. The number of nitrogens with one attached hydrogen (secondary N) is 1. The zero-order valence-corrected chi connectivity index (χ0v) is 9.42. The highest BCUT2D eigenvalue weighted by Crippen LogP contribution is 2.48. The lowest BCUT2D eigenvalue weighted by molar-refractivity contribution is 0.226. The van der Waals surface area contributed by atoms with E-state index in [4.69, 9.17) is 0 Å². The molecule has 1 N–H and O–H groups in total. The van der Waals surface area contributed by atoms with Crippen molar-refractivity contribution in [1.29, 1.82) is 0 Å². The Bertz CT molecular complexity index is 371. The van der Waals surface area contributed by atoms with Crippen LogP contribution in [0.1, 0.15) is 42.7 Å². The SMILES string of the molecule is CN[C@]12CCCC[C@H]1c1ccccc1C2. The summed E-state index contributed by atoms with van der Waals surface area (Å²) in [5.74, 6) is 0.771. The van der Waals surface area contributed by atoms with Gasteiger partial charge in [0.25, 0.3) is 0 Å². The van der Waals surface area contributed by atoms with Crippen LogP contribution in [0.15, 0.2) is 24.3 Å². The van der Waals surface area contributed by atoms with Crippen LogP contribution in [-0.2, 0) is 6.42 Å². The number of benzene rings is 1. The molecule has 0 amide bonds. The Hall–Kier alpha value is -0.820. The molecular weight excluding hydrogens is 182 g/mol. The van der Waals surface area contributed by atoms with Gasteiger partial charge in [-0.25, -0.2) is 0 Å². The van der Waals surface area contributed by atoms with Crippen molar-refractivity contribution >= 4 is 0 Å². The van der Waals surface area contributed by atoms with Crippen molar-refractivity contribution < 1.29 is 0 Å². The minimum atomic E-state index is 0.391. The Morgan fingerprint density at radius 2 is 2.13 bits per heavy atom. The molecule has 0 heterocycles. The molecule has 1 heteroatoms. The first-order valence-corrected chi connectivity index (χ1v) is 6.12. The summed E-state index contributed by atoms with van der Waals surface area (Å²) >= 11 is 0. The highest BCUT2D eigenvalue weighted by Gasteiger charge is 2.45. The molecule has 1 saturated carbocycles. The van der Waals surface area contributed by atoms with E-state index in [1.807, 2.05) is 0 Å². The van der Waals surface area contributed by atoms with E-state index in [9.17, 15) is 0 Å². The quantitative estimate of drug-likeness (QED) is 0.736. The van der Waals surface area contributed by atoms with Gasteiger partial charge < -0.3 is 5.32 Å². The molecular formula is C14H19N. The Morgan fingerprint density at radius 1 is 1.27 bits per heavy atom. The van der Waals surface area contributed by atoms with Crippen molar-refractivity contribution in [3.63, 3.8) is 0 Å². The molecule has 0 spiro atoms. The molecule has 0 unspecified atom stereocenters. The van der Waals surface area contributed by atoms with Crippen molar-refractivity contribution in [2.45, 2.75) is 43.6 Å². The maximum absolute atomic E-state index is 3.63. The summed E-state index contributed by atoms with van der Waals surface area (Å²) in [7, 11) is 2.14. The highest BCUT2D eigenvalue weighted by molar-refractivity contribution is 5.41. The van der Waals surface area contributed by atoms with Crippen LogP contribution in [0.3, 0.4) is 0 Å². The van der Waals surface area contributed by atoms with E-state index in [0.717, 1.165) is 5.92 Å². The summed E-state index contributed by atoms with van der Waals surface area (Å²) in [4.78, 5) is 0. The Kier molecular flexibility index (Phi) is 2.10. The summed E-state index contributed by atoms with van der Waals surface area (Å²) in [5, 5.41) is 3.63. The number of hydrogen-bond donors (Lipinski definition) is 1. The van der Waals surface area contributed by atoms with Gasteiger partial charge in [0.15, 0.2) is 0 Å². The molecule has 2 aliphatic carbocycles. The van der Waals surface area contributed by atoms with Gasteiger partial charge in [0.1, 0.15) is 0 Å². The summed E-state index contributed by atoms with van der Waals surface area (Å²) < 4.78 is 0. The maximum atomic E-state index is 3.63. The molecule has 3 rings (SSSR count). The van der Waals surface area contributed by atoms with Crippen LogP contribution in [0, 0.1) is 0 Å².